The molecule has 1 fully saturated rings. The van der Waals surface area contributed by atoms with Gasteiger partial charge in [0.25, 0.3) is 0 Å². The minimum Gasteiger partial charge on any atom is -0.495 e. The number of ether oxygens (including phenoxy) is 1. The average molecular weight is 240 g/mol. The predicted molar refractivity (Wildman–Crippen MR) is 66.9 cm³/mol. The topological polar surface area (TPSA) is 35.2 Å². The van der Waals surface area contributed by atoms with Crippen LogP contribution in [-0.4, -0.2) is 7.11 Å². The highest BCUT2D eigenvalue weighted by atomic mass is 35.5. The first-order valence-corrected chi connectivity index (χ1v) is 6.17. The van der Waals surface area contributed by atoms with Gasteiger partial charge in [0.1, 0.15) is 5.75 Å². The maximum atomic E-state index is 6.17. The number of benzene rings is 1. The van der Waals surface area contributed by atoms with Gasteiger partial charge in [-0.3, -0.25) is 0 Å². The Bertz CT molecular complexity index is 363. The van der Waals surface area contributed by atoms with Crippen LogP contribution in [0.4, 0.5) is 0 Å². The molecule has 1 atom stereocenters. The van der Waals surface area contributed by atoms with Crippen LogP contribution in [0.1, 0.15) is 37.3 Å². The number of nitrogens with two attached hydrogens (primary N) is 1. The van der Waals surface area contributed by atoms with E-state index in [4.69, 9.17) is 22.1 Å². The molecule has 0 bridgehead atoms. The lowest BCUT2D eigenvalue weighted by Crippen LogP contribution is -2.20. The van der Waals surface area contributed by atoms with Gasteiger partial charge in [0, 0.05) is 6.04 Å². The first kappa shape index (κ1) is 11.7. The number of halogens is 1. The van der Waals surface area contributed by atoms with E-state index >= 15 is 0 Å². The summed E-state index contributed by atoms with van der Waals surface area (Å²) in [6, 6.07) is 5.92. The van der Waals surface area contributed by atoms with E-state index in [1.165, 1.54) is 19.3 Å². The van der Waals surface area contributed by atoms with E-state index in [0.717, 1.165) is 17.9 Å². The first-order valence-electron chi connectivity index (χ1n) is 5.79. The van der Waals surface area contributed by atoms with Gasteiger partial charge < -0.3 is 10.5 Å². The van der Waals surface area contributed by atoms with Crippen LogP contribution in [0.25, 0.3) is 0 Å². The number of rotatable bonds is 4. The highest BCUT2D eigenvalue weighted by Gasteiger charge is 2.21. The van der Waals surface area contributed by atoms with Crippen molar-refractivity contribution >= 4 is 11.6 Å². The fourth-order valence-corrected chi connectivity index (χ4v) is 2.40. The van der Waals surface area contributed by atoms with Crippen molar-refractivity contribution in [1.29, 1.82) is 0 Å². The smallest absolute Gasteiger partial charge is 0.137 e. The third kappa shape index (κ3) is 2.50. The van der Waals surface area contributed by atoms with Gasteiger partial charge in [0.05, 0.1) is 12.1 Å². The van der Waals surface area contributed by atoms with Gasteiger partial charge in [-0.2, -0.15) is 0 Å². The third-order valence-electron chi connectivity index (χ3n) is 3.42. The summed E-state index contributed by atoms with van der Waals surface area (Å²) in [5.41, 5.74) is 7.28. The summed E-state index contributed by atoms with van der Waals surface area (Å²) in [6.07, 6.45) is 5.10. The molecule has 0 saturated heterocycles. The molecule has 2 rings (SSSR count). The molecule has 3 heteroatoms. The standard InChI is InChI=1S/C13H18ClNO/c1-16-13-6-5-10(8-11(13)14)12(15)7-9-3-2-4-9/h5-6,8-9,12H,2-4,7,15H2,1H3. The highest BCUT2D eigenvalue weighted by Crippen LogP contribution is 2.35. The molecular formula is C13H18ClNO. The fraction of sp³-hybridized carbons (Fsp3) is 0.538. The van der Waals surface area contributed by atoms with Crippen LogP contribution in [0.3, 0.4) is 0 Å². The highest BCUT2D eigenvalue weighted by molar-refractivity contribution is 6.32. The van der Waals surface area contributed by atoms with Crippen molar-refractivity contribution in [2.24, 2.45) is 11.7 Å². The van der Waals surface area contributed by atoms with Gasteiger partial charge in [-0.05, 0) is 30.0 Å². The van der Waals surface area contributed by atoms with E-state index in [0.29, 0.717) is 10.8 Å². The summed E-state index contributed by atoms with van der Waals surface area (Å²) in [5, 5.41) is 0.643. The molecule has 0 heterocycles. The van der Waals surface area contributed by atoms with Gasteiger partial charge >= 0.3 is 0 Å². The number of methoxy groups -OCH3 is 1. The maximum Gasteiger partial charge on any atom is 0.137 e. The van der Waals surface area contributed by atoms with Crippen LogP contribution in [0.5, 0.6) is 5.75 Å². The molecule has 1 aromatic carbocycles. The zero-order valence-electron chi connectivity index (χ0n) is 9.58. The lowest BCUT2D eigenvalue weighted by molar-refractivity contribution is 0.277. The molecule has 0 spiro atoms. The molecule has 1 aromatic rings. The first-order chi connectivity index (χ1) is 7.70. The van der Waals surface area contributed by atoms with Gasteiger partial charge in [-0.15, -0.1) is 0 Å². The van der Waals surface area contributed by atoms with E-state index < -0.39 is 0 Å². The number of hydrogen-bond donors (Lipinski definition) is 1. The van der Waals surface area contributed by atoms with Gasteiger partial charge in [-0.1, -0.05) is 36.9 Å². The molecule has 1 aliphatic carbocycles. The summed E-state index contributed by atoms with van der Waals surface area (Å²) >= 11 is 6.08. The zero-order valence-corrected chi connectivity index (χ0v) is 10.3. The molecule has 0 aromatic heterocycles. The van der Waals surface area contributed by atoms with Gasteiger partial charge in [0.2, 0.25) is 0 Å². The van der Waals surface area contributed by atoms with Crippen LogP contribution in [0.2, 0.25) is 5.02 Å². The van der Waals surface area contributed by atoms with Crippen LogP contribution in [0.15, 0.2) is 18.2 Å². The molecule has 0 amide bonds. The molecule has 16 heavy (non-hydrogen) atoms. The molecule has 0 aliphatic heterocycles. The summed E-state index contributed by atoms with van der Waals surface area (Å²) in [6.45, 7) is 0. The minimum absolute atomic E-state index is 0.105. The van der Waals surface area contributed by atoms with Crippen molar-refractivity contribution in [3.05, 3.63) is 28.8 Å². The summed E-state index contributed by atoms with van der Waals surface area (Å²) in [7, 11) is 1.62. The predicted octanol–water partition coefficient (Wildman–Crippen LogP) is 3.54. The van der Waals surface area contributed by atoms with Crippen molar-refractivity contribution in [3.8, 4) is 5.75 Å². The molecule has 0 radical (unpaired) electrons. The normalized spacial score (nSPS) is 17.9. The lowest BCUT2D eigenvalue weighted by atomic mass is 9.80. The van der Waals surface area contributed by atoms with Crippen molar-refractivity contribution in [3.63, 3.8) is 0 Å². The van der Waals surface area contributed by atoms with E-state index in [2.05, 4.69) is 0 Å². The van der Waals surface area contributed by atoms with Crippen LogP contribution >= 0.6 is 11.6 Å². The Morgan fingerprint density at radius 2 is 2.25 bits per heavy atom. The monoisotopic (exact) mass is 239 g/mol. The fourth-order valence-electron chi connectivity index (χ4n) is 2.14. The Hall–Kier alpha value is -0.730. The molecule has 2 N–H and O–H groups in total. The van der Waals surface area contributed by atoms with Crippen molar-refractivity contribution < 1.29 is 4.74 Å². The maximum absolute atomic E-state index is 6.17. The third-order valence-corrected chi connectivity index (χ3v) is 3.71. The Labute approximate surface area is 102 Å². The average Bonchev–Trinajstić information content (AvgIpc) is 2.23. The molecule has 1 unspecified atom stereocenters. The van der Waals surface area contributed by atoms with E-state index in [1.54, 1.807) is 7.11 Å². The second-order valence-corrected chi connectivity index (χ2v) is 4.94. The second kappa shape index (κ2) is 5.07. The van der Waals surface area contributed by atoms with E-state index in [9.17, 15) is 0 Å². The van der Waals surface area contributed by atoms with Crippen LogP contribution < -0.4 is 10.5 Å². The van der Waals surface area contributed by atoms with Crippen LogP contribution in [0, 0.1) is 5.92 Å². The second-order valence-electron chi connectivity index (χ2n) is 4.53. The molecule has 1 aliphatic rings. The summed E-state index contributed by atoms with van der Waals surface area (Å²) in [5.74, 6) is 1.53. The molecular weight excluding hydrogens is 222 g/mol. The zero-order chi connectivity index (χ0) is 11.5. The Kier molecular flexibility index (Phi) is 3.72. The number of hydrogen-bond acceptors (Lipinski definition) is 2. The van der Waals surface area contributed by atoms with E-state index in [1.807, 2.05) is 18.2 Å². The van der Waals surface area contributed by atoms with Crippen molar-refractivity contribution in [1.82, 2.24) is 0 Å². The minimum atomic E-state index is 0.105. The Balaban J connectivity index is 2.04. The van der Waals surface area contributed by atoms with Crippen molar-refractivity contribution in [2.45, 2.75) is 31.7 Å². The summed E-state index contributed by atoms with van der Waals surface area (Å²) in [4.78, 5) is 0. The van der Waals surface area contributed by atoms with Crippen LogP contribution in [-0.2, 0) is 0 Å². The van der Waals surface area contributed by atoms with Crippen molar-refractivity contribution in [2.75, 3.05) is 7.11 Å². The molecule has 1 saturated carbocycles. The quantitative estimate of drug-likeness (QED) is 0.872. The molecule has 2 nitrogen and oxygen atoms in total. The lowest BCUT2D eigenvalue weighted by Gasteiger charge is -2.28. The SMILES string of the molecule is COc1ccc(C(N)CC2CCC2)cc1Cl. The van der Waals surface area contributed by atoms with E-state index in [-0.39, 0.29) is 6.04 Å². The van der Waals surface area contributed by atoms with Gasteiger partial charge in [0.15, 0.2) is 0 Å². The molecule has 88 valence electrons. The summed E-state index contributed by atoms with van der Waals surface area (Å²) < 4.78 is 5.12. The van der Waals surface area contributed by atoms with Gasteiger partial charge in [-0.25, -0.2) is 0 Å². The largest absolute Gasteiger partial charge is 0.495 e. The Morgan fingerprint density at radius 1 is 1.50 bits per heavy atom. The Morgan fingerprint density at radius 3 is 2.75 bits per heavy atom.